The van der Waals surface area contributed by atoms with Crippen LogP contribution in [0.15, 0.2) is 22.8 Å². The van der Waals surface area contributed by atoms with E-state index >= 15 is 0 Å². The molecule has 94 valence electrons. The number of aromatic nitrogens is 3. The lowest BCUT2D eigenvalue weighted by Crippen LogP contribution is -2.17. The summed E-state index contributed by atoms with van der Waals surface area (Å²) in [4.78, 5) is 16.3. The van der Waals surface area contributed by atoms with Gasteiger partial charge >= 0.3 is 0 Å². The van der Waals surface area contributed by atoms with Crippen LogP contribution in [0.3, 0.4) is 0 Å². The molecule has 2 aromatic heterocycles. The second-order valence-corrected chi connectivity index (χ2v) is 4.83. The fraction of sp³-hybridized carbons (Fsp3) is 0.250. The van der Waals surface area contributed by atoms with Gasteiger partial charge in [0.1, 0.15) is 10.3 Å². The molecular weight excluding hydrogens is 296 g/mol. The number of aryl methyl sites for hydroxylation is 3. The number of hydrogen-bond donors (Lipinski definition) is 1. The van der Waals surface area contributed by atoms with Gasteiger partial charge in [-0.05, 0) is 48.0 Å². The van der Waals surface area contributed by atoms with E-state index in [-0.39, 0.29) is 5.91 Å². The maximum absolute atomic E-state index is 12.1. The number of pyridine rings is 1. The molecule has 0 spiro atoms. The second-order valence-electron chi connectivity index (χ2n) is 4.02. The fourth-order valence-electron chi connectivity index (χ4n) is 1.67. The first kappa shape index (κ1) is 12.8. The summed E-state index contributed by atoms with van der Waals surface area (Å²) in [6.45, 7) is 3.69. The summed E-state index contributed by atoms with van der Waals surface area (Å²) in [7, 11) is 1.74. The molecule has 2 aromatic rings. The third-order valence-electron chi connectivity index (χ3n) is 2.53. The minimum Gasteiger partial charge on any atom is -0.319 e. The summed E-state index contributed by atoms with van der Waals surface area (Å²) in [6, 6.07) is 5.35. The van der Waals surface area contributed by atoms with E-state index < -0.39 is 0 Å². The highest BCUT2D eigenvalue weighted by Gasteiger charge is 2.13. The Morgan fingerprint density at radius 3 is 2.67 bits per heavy atom. The number of hydrogen-bond acceptors (Lipinski definition) is 3. The molecule has 0 unspecified atom stereocenters. The highest BCUT2D eigenvalue weighted by molar-refractivity contribution is 9.10. The lowest BCUT2D eigenvalue weighted by atomic mass is 10.3. The lowest BCUT2D eigenvalue weighted by molar-refractivity contribution is 0.101. The number of carbonyl (C=O) groups excluding carboxylic acids is 1. The van der Waals surface area contributed by atoms with E-state index in [1.807, 2.05) is 19.9 Å². The summed E-state index contributed by atoms with van der Waals surface area (Å²) in [5, 5.41) is 6.97. The summed E-state index contributed by atoms with van der Waals surface area (Å²) >= 11 is 3.28. The normalized spacial score (nSPS) is 10.4. The van der Waals surface area contributed by atoms with Crippen molar-refractivity contribution in [1.29, 1.82) is 0 Å². The maximum Gasteiger partial charge on any atom is 0.273 e. The van der Waals surface area contributed by atoms with Gasteiger partial charge in [-0.2, -0.15) is 5.10 Å². The SMILES string of the molecule is Cc1cc(C(=O)Nc2ccc(Br)nc2C)n(C)n1. The molecule has 0 aliphatic heterocycles. The third-order valence-corrected chi connectivity index (χ3v) is 2.98. The molecule has 5 nitrogen and oxygen atoms in total. The lowest BCUT2D eigenvalue weighted by Gasteiger charge is -2.07. The van der Waals surface area contributed by atoms with Gasteiger partial charge in [-0.15, -0.1) is 0 Å². The van der Waals surface area contributed by atoms with Gasteiger partial charge in [0.25, 0.3) is 5.91 Å². The van der Waals surface area contributed by atoms with Gasteiger partial charge in [-0.3, -0.25) is 9.48 Å². The second kappa shape index (κ2) is 4.89. The van der Waals surface area contributed by atoms with Crippen molar-refractivity contribution >= 4 is 27.5 Å². The van der Waals surface area contributed by atoms with Crippen LogP contribution in [0.4, 0.5) is 5.69 Å². The van der Waals surface area contributed by atoms with Gasteiger partial charge in [0.2, 0.25) is 0 Å². The molecule has 0 aliphatic carbocycles. The highest BCUT2D eigenvalue weighted by atomic mass is 79.9. The molecule has 0 aromatic carbocycles. The first-order chi connectivity index (χ1) is 8.47. The molecule has 0 atom stereocenters. The topological polar surface area (TPSA) is 59.8 Å². The van der Waals surface area contributed by atoms with Crippen molar-refractivity contribution in [3.63, 3.8) is 0 Å². The number of nitrogens with zero attached hydrogens (tertiary/aromatic N) is 3. The van der Waals surface area contributed by atoms with Crippen molar-refractivity contribution < 1.29 is 4.79 Å². The quantitative estimate of drug-likeness (QED) is 0.867. The van der Waals surface area contributed by atoms with Gasteiger partial charge < -0.3 is 5.32 Å². The molecule has 1 N–H and O–H groups in total. The molecule has 0 radical (unpaired) electrons. The molecule has 0 fully saturated rings. The Labute approximate surface area is 113 Å². The number of carbonyl (C=O) groups is 1. The molecule has 0 saturated heterocycles. The number of nitrogens with one attached hydrogen (secondary N) is 1. The fourth-order valence-corrected chi connectivity index (χ4v) is 2.07. The van der Waals surface area contributed by atoms with Gasteiger partial charge in [-0.1, -0.05) is 0 Å². The Morgan fingerprint density at radius 1 is 1.39 bits per heavy atom. The molecule has 6 heteroatoms. The number of amides is 1. The van der Waals surface area contributed by atoms with E-state index in [1.54, 1.807) is 23.9 Å². The van der Waals surface area contributed by atoms with Gasteiger partial charge in [-0.25, -0.2) is 4.98 Å². The zero-order valence-corrected chi connectivity index (χ0v) is 11.9. The van der Waals surface area contributed by atoms with Crippen molar-refractivity contribution in [2.75, 3.05) is 5.32 Å². The van der Waals surface area contributed by atoms with Gasteiger partial charge in [0, 0.05) is 7.05 Å². The summed E-state index contributed by atoms with van der Waals surface area (Å²) in [5.74, 6) is -0.190. The highest BCUT2D eigenvalue weighted by Crippen LogP contribution is 2.17. The molecule has 0 bridgehead atoms. The maximum atomic E-state index is 12.1. The molecule has 1 amide bonds. The van der Waals surface area contributed by atoms with Crippen LogP contribution in [0, 0.1) is 13.8 Å². The zero-order chi connectivity index (χ0) is 13.3. The zero-order valence-electron chi connectivity index (χ0n) is 10.4. The van der Waals surface area contributed by atoms with E-state index in [4.69, 9.17) is 0 Å². The van der Waals surface area contributed by atoms with Crippen molar-refractivity contribution in [1.82, 2.24) is 14.8 Å². The average molecular weight is 309 g/mol. The van der Waals surface area contributed by atoms with Crippen molar-refractivity contribution in [3.05, 3.63) is 39.9 Å². The third kappa shape index (κ3) is 2.59. The average Bonchev–Trinajstić information content (AvgIpc) is 2.62. The Hall–Kier alpha value is -1.69. The standard InChI is InChI=1S/C12H13BrN4O/c1-7-6-10(17(3)16-7)12(18)15-9-4-5-11(13)14-8(9)2/h4-6H,1-3H3,(H,15,18). The molecule has 2 rings (SSSR count). The van der Waals surface area contributed by atoms with Crippen LogP contribution in [0.2, 0.25) is 0 Å². The molecule has 0 aliphatic rings. The number of halogens is 1. The van der Waals surface area contributed by atoms with Crippen LogP contribution in [0.25, 0.3) is 0 Å². The van der Waals surface area contributed by atoms with Crippen LogP contribution in [-0.2, 0) is 7.05 Å². The van der Waals surface area contributed by atoms with Crippen molar-refractivity contribution in [2.24, 2.45) is 7.05 Å². The minimum absolute atomic E-state index is 0.190. The molecule has 18 heavy (non-hydrogen) atoms. The Kier molecular flexibility index (Phi) is 3.47. The Balaban J connectivity index is 2.24. The van der Waals surface area contributed by atoms with E-state index in [0.29, 0.717) is 11.4 Å². The van der Waals surface area contributed by atoms with Crippen LogP contribution >= 0.6 is 15.9 Å². The smallest absolute Gasteiger partial charge is 0.273 e. The van der Waals surface area contributed by atoms with Crippen LogP contribution < -0.4 is 5.32 Å². The monoisotopic (exact) mass is 308 g/mol. The van der Waals surface area contributed by atoms with Crippen LogP contribution in [0.1, 0.15) is 21.9 Å². The first-order valence-corrected chi connectivity index (χ1v) is 6.22. The predicted octanol–water partition coefficient (Wildman–Crippen LogP) is 2.45. The van der Waals surface area contributed by atoms with E-state index in [0.717, 1.165) is 16.0 Å². The minimum atomic E-state index is -0.190. The summed E-state index contributed by atoms with van der Waals surface area (Å²) in [5.41, 5.74) is 2.79. The van der Waals surface area contributed by atoms with Crippen molar-refractivity contribution in [3.8, 4) is 0 Å². The van der Waals surface area contributed by atoms with Gasteiger partial charge in [0.05, 0.1) is 17.1 Å². The Morgan fingerprint density at radius 2 is 2.11 bits per heavy atom. The Bertz CT molecular complexity index is 606. The van der Waals surface area contributed by atoms with E-state index in [9.17, 15) is 4.79 Å². The first-order valence-electron chi connectivity index (χ1n) is 5.42. The van der Waals surface area contributed by atoms with Gasteiger partial charge in [0.15, 0.2) is 0 Å². The largest absolute Gasteiger partial charge is 0.319 e. The molecule has 0 saturated carbocycles. The predicted molar refractivity (Wildman–Crippen MR) is 72.6 cm³/mol. The molecular formula is C12H13BrN4O. The number of anilines is 1. The van der Waals surface area contributed by atoms with Crippen LogP contribution in [0.5, 0.6) is 0 Å². The number of rotatable bonds is 2. The molecule has 2 heterocycles. The van der Waals surface area contributed by atoms with Crippen molar-refractivity contribution in [2.45, 2.75) is 13.8 Å². The van der Waals surface area contributed by atoms with E-state index in [2.05, 4.69) is 31.3 Å². The van der Waals surface area contributed by atoms with E-state index in [1.165, 1.54) is 0 Å². The summed E-state index contributed by atoms with van der Waals surface area (Å²) in [6.07, 6.45) is 0. The van der Waals surface area contributed by atoms with Crippen LogP contribution in [-0.4, -0.2) is 20.7 Å². The summed E-state index contributed by atoms with van der Waals surface area (Å²) < 4.78 is 2.31.